The van der Waals surface area contributed by atoms with Gasteiger partial charge in [-0.3, -0.25) is 38.9 Å². The number of ether oxygens (including phenoxy) is 3. The van der Waals surface area contributed by atoms with Crippen LogP contribution in [0.25, 0.3) is 33.5 Å². The zero-order chi connectivity index (χ0) is 51.7. The maximum absolute atomic E-state index is 14.7. The highest BCUT2D eigenvalue weighted by atomic mass is 16.5. The number of nitrogens with zero attached hydrogens (tertiary/aromatic N) is 7. The minimum atomic E-state index is -1.20. The fourth-order valence-electron chi connectivity index (χ4n) is 11.5. The lowest BCUT2D eigenvalue weighted by atomic mass is 9.84. The first-order valence-electron chi connectivity index (χ1n) is 26.1. The summed E-state index contributed by atoms with van der Waals surface area (Å²) >= 11 is 0. The van der Waals surface area contributed by atoms with Crippen molar-refractivity contribution in [1.82, 2.24) is 45.0 Å². The molecule has 4 amide bonds. The summed E-state index contributed by atoms with van der Waals surface area (Å²) < 4.78 is 26.3. The Hall–Kier alpha value is -6.13. The summed E-state index contributed by atoms with van der Waals surface area (Å²) in [7, 11) is 3.27. The molecular weight excluding hydrogens is 931 g/mol. The second kappa shape index (κ2) is 21.8. The van der Waals surface area contributed by atoms with Crippen LogP contribution < -0.4 is 10.7 Å². The second-order valence-electron chi connectivity index (χ2n) is 21.5. The van der Waals surface area contributed by atoms with E-state index < -0.39 is 47.2 Å². The molecule has 8 heterocycles. The van der Waals surface area contributed by atoms with Gasteiger partial charge in [-0.05, 0) is 100 Å². The molecule has 1 aromatic carbocycles. The molecular formula is C55H71N9O9. The molecule has 18 nitrogen and oxygen atoms in total. The van der Waals surface area contributed by atoms with E-state index in [0.29, 0.717) is 63.8 Å². The normalized spacial score (nSPS) is 24.3. The van der Waals surface area contributed by atoms with E-state index >= 15 is 0 Å². The largest absolute Gasteiger partial charge is 0.464 e. The molecule has 3 aromatic heterocycles. The van der Waals surface area contributed by atoms with E-state index in [4.69, 9.17) is 23.6 Å². The number of hydrazine groups is 1. The Bertz CT molecular complexity index is 2790. The van der Waals surface area contributed by atoms with Gasteiger partial charge in [-0.15, -0.1) is 0 Å². The monoisotopic (exact) mass is 1000 g/mol. The number of hydrogen-bond acceptors (Lipinski definition) is 13. The first kappa shape index (κ1) is 51.8. The average Bonchev–Trinajstić information content (AvgIpc) is 4.22. The zero-order valence-electron chi connectivity index (χ0n) is 43.6. The lowest BCUT2D eigenvalue weighted by Crippen LogP contribution is -2.62. The molecule has 6 bridgehead atoms. The number of amides is 4. The highest BCUT2D eigenvalue weighted by molar-refractivity contribution is 5.97. The van der Waals surface area contributed by atoms with Gasteiger partial charge in [0.05, 0.1) is 61.9 Å². The standard InChI is InChI=1S/C55H71N9O9/c1-9-62-44-18-14-35-26-40(44)41(50(62)39-12-10-21-56-48(39)34(4)70-8)28-55(5,6)32-72-54(69)42-13-11-22-64(59-42)53(68)43(27-46-57-29-45(35)73-46)58-51(66)49(33(2)3)60(7)52(67)36-20-23-61(30-36)47(65)19-17-37-15-16-38-31-71-25-24-63(37)38/h10,12,14,18,21,26,29,33-34,36-38,42-43,49,59H,9,11,13,15-16,20,22-25,27-28,30-32H2,1-8H3,(H,58,66)/t34-,36-,37+,38+,42-,43-,49-/m0/s1. The van der Waals surface area contributed by atoms with Crippen LogP contribution in [0.4, 0.5) is 0 Å². The molecule has 0 saturated carbocycles. The number of morpholine rings is 1. The quantitative estimate of drug-likeness (QED) is 0.170. The van der Waals surface area contributed by atoms with Crippen LogP contribution in [0.1, 0.15) is 96.9 Å². The predicted molar refractivity (Wildman–Crippen MR) is 272 cm³/mol. The fraction of sp³-hybridized carbons (Fsp3) is 0.582. The minimum absolute atomic E-state index is 0.0154. The summed E-state index contributed by atoms with van der Waals surface area (Å²) in [5.41, 5.74) is 8.19. The van der Waals surface area contributed by atoms with Gasteiger partial charge in [0.2, 0.25) is 11.8 Å². The zero-order valence-corrected chi connectivity index (χ0v) is 43.6. The van der Waals surface area contributed by atoms with Crippen LogP contribution in [0.15, 0.2) is 47.1 Å². The Morgan fingerprint density at radius 1 is 1.05 bits per heavy atom. The Labute approximate surface area is 427 Å². The van der Waals surface area contributed by atoms with Crippen LogP contribution in [0.5, 0.6) is 0 Å². The van der Waals surface area contributed by atoms with E-state index in [9.17, 15) is 24.0 Å². The molecule has 4 fully saturated rings. The molecule has 4 saturated heterocycles. The van der Waals surface area contributed by atoms with Gasteiger partial charge < -0.3 is 38.3 Å². The number of oxazole rings is 1. The average molecular weight is 1000 g/mol. The Morgan fingerprint density at radius 2 is 1.88 bits per heavy atom. The number of aryl methyl sites for hydroxylation is 1. The van der Waals surface area contributed by atoms with E-state index in [1.54, 1.807) is 31.5 Å². The van der Waals surface area contributed by atoms with Crippen molar-refractivity contribution in [3.8, 4) is 34.4 Å². The van der Waals surface area contributed by atoms with Gasteiger partial charge in [-0.2, -0.15) is 0 Å². The Balaban J connectivity index is 0.988. The van der Waals surface area contributed by atoms with Crippen molar-refractivity contribution in [2.45, 2.75) is 129 Å². The lowest BCUT2D eigenvalue weighted by Gasteiger charge is -2.36. The van der Waals surface area contributed by atoms with E-state index in [2.05, 4.69) is 76.0 Å². The van der Waals surface area contributed by atoms with Crippen molar-refractivity contribution in [3.05, 3.63) is 59.9 Å². The molecule has 390 valence electrons. The molecule has 73 heavy (non-hydrogen) atoms. The molecule has 0 aliphatic carbocycles. The highest BCUT2D eigenvalue weighted by Crippen LogP contribution is 2.42. The molecule has 0 radical (unpaired) electrons. The summed E-state index contributed by atoms with van der Waals surface area (Å²) in [6.07, 6.45) is 6.83. The van der Waals surface area contributed by atoms with E-state index in [1.807, 2.05) is 32.9 Å². The number of aromatic nitrogens is 3. The molecule has 0 unspecified atom stereocenters. The number of nitrogens with one attached hydrogen (secondary N) is 2. The van der Waals surface area contributed by atoms with Gasteiger partial charge >= 0.3 is 5.97 Å². The third kappa shape index (κ3) is 10.8. The van der Waals surface area contributed by atoms with Gasteiger partial charge in [0, 0.05) is 86.6 Å². The van der Waals surface area contributed by atoms with E-state index in [0.717, 1.165) is 58.4 Å². The first-order chi connectivity index (χ1) is 35.0. The molecule has 5 aliphatic rings. The van der Waals surface area contributed by atoms with Crippen molar-refractivity contribution in [1.29, 1.82) is 0 Å². The molecule has 4 aromatic rings. The molecule has 5 aliphatic heterocycles. The number of hydrogen-bond donors (Lipinski definition) is 2. The van der Waals surface area contributed by atoms with Gasteiger partial charge in [-0.1, -0.05) is 33.6 Å². The Morgan fingerprint density at radius 3 is 2.66 bits per heavy atom. The predicted octanol–water partition coefficient (Wildman–Crippen LogP) is 4.93. The summed E-state index contributed by atoms with van der Waals surface area (Å²) in [5, 5.41) is 5.36. The SMILES string of the molecule is CCn1c(-c2cccnc2[C@H](C)OC)c2c3cc(ccc31)-c1cnc(o1)C[C@H](NC(=O)[C@H](C(C)C)N(C)C(=O)[C@H]1CCN(C(=O)C#C[C@H]3CC[C@@H]4COCCN43)C1)C(=O)N1CCC[C@H](N1)C(=O)OCC(C)(C)C2. The van der Waals surface area contributed by atoms with Gasteiger partial charge in [0.25, 0.3) is 11.8 Å². The number of rotatable bonds is 9. The smallest absolute Gasteiger partial charge is 0.324 e. The van der Waals surface area contributed by atoms with Crippen molar-refractivity contribution in [2.24, 2.45) is 17.3 Å². The summed E-state index contributed by atoms with van der Waals surface area (Å²) in [4.78, 5) is 85.7. The van der Waals surface area contributed by atoms with Crippen molar-refractivity contribution >= 4 is 40.5 Å². The maximum Gasteiger partial charge on any atom is 0.324 e. The minimum Gasteiger partial charge on any atom is -0.464 e. The third-order valence-corrected chi connectivity index (χ3v) is 15.4. The Kier molecular flexibility index (Phi) is 15.4. The summed E-state index contributed by atoms with van der Waals surface area (Å²) in [6.45, 7) is 15.7. The van der Waals surface area contributed by atoms with Crippen molar-refractivity contribution in [2.75, 3.05) is 60.2 Å². The summed E-state index contributed by atoms with van der Waals surface area (Å²) in [6, 6.07) is 7.54. The van der Waals surface area contributed by atoms with Gasteiger partial charge in [0.15, 0.2) is 11.7 Å². The third-order valence-electron chi connectivity index (χ3n) is 15.4. The van der Waals surface area contributed by atoms with Crippen molar-refractivity contribution in [3.63, 3.8) is 0 Å². The first-order valence-corrected chi connectivity index (χ1v) is 26.1. The highest BCUT2D eigenvalue weighted by Gasteiger charge is 2.41. The number of carbonyl (C=O) groups excluding carboxylic acids is 5. The molecule has 2 N–H and O–H groups in total. The molecule has 18 heteroatoms. The number of fused-ring (bicyclic) bond motifs is 7. The topological polar surface area (TPSA) is 194 Å². The number of esters is 1. The van der Waals surface area contributed by atoms with Crippen LogP contribution in [0.3, 0.4) is 0 Å². The summed E-state index contributed by atoms with van der Waals surface area (Å²) in [5.74, 6) is 3.79. The van der Waals surface area contributed by atoms with Crippen LogP contribution in [-0.2, 0) is 57.6 Å². The fourth-order valence-corrected chi connectivity index (χ4v) is 11.5. The molecule has 9 rings (SSSR count). The lowest BCUT2D eigenvalue weighted by molar-refractivity contribution is -0.155. The molecule has 7 atom stereocenters. The number of benzene rings is 1. The number of carbonyl (C=O) groups is 5. The van der Waals surface area contributed by atoms with E-state index in [-0.39, 0.29) is 61.9 Å². The molecule has 0 spiro atoms. The second-order valence-corrected chi connectivity index (χ2v) is 21.5. The van der Waals surface area contributed by atoms with Gasteiger partial charge in [-0.25, -0.2) is 10.4 Å². The van der Waals surface area contributed by atoms with Crippen LogP contribution in [-0.4, -0.2) is 154 Å². The number of pyridine rings is 1. The van der Waals surface area contributed by atoms with E-state index in [1.165, 1.54) is 9.91 Å². The van der Waals surface area contributed by atoms with Gasteiger partial charge in [0.1, 0.15) is 18.1 Å². The number of methoxy groups -OCH3 is 1. The number of likely N-dealkylation sites (tertiary alicyclic amines) is 1. The number of cyclic esters (lactones) is 1. The number of likely N-dealkylation sites (N-methyl/N-ethyl adjacent to an activating group) is 1. The van der Waals surface area contributed by atoms with Crippen LogP contribution in [0, 0.1) is 29.1 Å². The van der Waals surface area contributed by atoms with Crippen LogP contribution >= 0.6 is 0 Å². The van der Waals surface area contributed by atoms with Crippen molar-refractivity contribution < 1.29 is 42.6 Å². The maximum atomic E-state index is 14.7. The van der Waals surface area contributed by atoms with Crippen LogP contribution in [0.2, 0.25) is 0 Å².